The molecule has 38 heavy (non-hydrogen) atoms. The van der Waals surface area contributed by atoms with Gasteiger partial charge in [-0.2, -0.15) is 4.37 Å². The number of halogens is 1. The fourth-order valence-electron chi connectivity index (χ4n) is 4.63. The summed E-state index contributed by atoms with van der Waals surface area (Å²) < 4.78 is 23.7. The first kappa shape index (κ1) is 27.1. The number of carbonyl (C=O) groups is 3. The minimum atomic E-state index is -1.20. The Kier molecular flexibility index (Phi) is 8.57. The number of nitrogens with two attached hydrogens (primary N) is 2. The number of aromatic nitrogens is 1. The molecule has 1 aromatic heterocycles. The summed E-state index contributed by atoms with van der Waals surface area (Å²) in [6.07, 6.45) is 4.75. The molecule has 3 amide bonds. The molecule has 11 heteroatoms. The van der Waals surface area contributed by atoms with Gasteiger partial charge >= 0.3 is 0 Å². The van der Waals surface area contributed by atoms with Gasteiger partial charge in [-0.25, -0.2) is 4.39 Å². The first-order valence-electron chi connectivity index (χ1n) is 12.5. The van der Waals surface area contributed by atoms with E-state index in [4.69, 9.17) is 16.2 Å². The fourth-order valence-corrected chi connectivity index (χ4v) is 5.37. The molecule has 200 valence electrons. The number of primary amides is 1. The minimum absolute atomic E-state index is 0.0479. The van der Waals surface area contributed by atoms with Crippen LogP contribution in [0.1, 0.15) is 70.8 Å². The van der Waals surface area contributed by atoms with Gasteiger partial charge in [0.1, 0.15) is 22.5 Å². The molecule has 1 unspecified atom stereocenters. The van der Waals surface area contributed by atoms with E-state index >= 15 is 0 Å². The van der Waals surface area contributed by atoms with Gasteiger partial charge < -0.3 is 21.5 Å². The summed E-state index contributed by atoms with van der Waals surface area (Å²) in [5, 5.41) is 3.09. The molecule has 1 aliphatic carbocycles. The Bertz CT molecular complexity index is 1310. The molecule has 5 N–H and O–H groups in total. The van der Waals surface area contributed by atoms with Crippen molar-refractivity contribution in [2.45, 2.75) is 51.1 Å². The molecule has 1 atom stereocenters. The highest BCUT2D eigenvalue weighted by molar-refractivity contribution is 7.09. The molecule has 9 nitrogen and oxygen atoms in total. The largest absolute Gasteiger partial charge is 0.492 e. The van der Waals surface area contributed by atoms with Gasteiger partial charge in [0.2, 0.25) is 5.91 Å². The summed E-state index contributed by atoms with van der Waals surface area (Å²) in [7, 11) is 0. The molecule has 0 spiro atoms. The van der Waals surface area contributed by atoms with E-state index in [0.29, 0.717) is 23.6 Å². The summed E-state index contributed by atoms with van der Waals surface area (Å²) in [5.74, 6) is -2.09. The van der Waals surface area contributed by atoms with Crippen molar-refractivity contribution in [3.63, 3.8) is 0 Å². The number of carbonyl (C=O) groups excluding carboxylic acids is 3. The molecule has 0 aliphatic heterocycles. The highest BCUT2D eigenvalue weighted by Crippen LogP contribution is 2.38. The molecule has 4 rings (SSSR count). The van der Waals surface area contributed by atoms with Crippen LogP contribution in [-0.2, 0) is 4.79 Å². The van der Waals surface area contributed by atoms with E-state index in [9.17, 15) is 18.8 Å². The Labute approximate surface area is 224 Å². The lowest BCUT2D eigenvalue weighted by Crippen LogP contribution is -2.47. The van der Waals surface area contributed by atoms with Gasteiger partial charge in [-0.05, 0) is 61.1 Å². The Morgan fingerprint density at radius 1 is 1.13 bits per heavy atom. The van der Waals surface area contributed by atoms with E-state index in [1.165, 1.54) is 29.2 Å². The first-order valence-corrected chi connectivity index (χ1v) is 13.2. The molecule has 1 saturated carbocycles. The van der Waals surface area contributed by atoms with Crippen LogP contribution in [0, 0.1) is 5.82 Å². The number of amides is 3. The summed E-state index contributed by atoms with van der Waals surface area (Å²) in [5.41, 5.74) is 11.8. The van der Waals surface area contributed by atoms with Crippen molar-refractivity contribution in [1.82, 2.24) is 9.69 Å². The predicted octanol–water partition coefficient (Wildman–Crippen LogP) is 4.20. The summed E-state index contributed by atoms with van der Waals surface area (Å²) in [6.45, 7) is 2.11. The summed E-state index contributed by atoms with van der Waals surface area (Å²) >= 11 is 0.718. The number of nitrogens with zero attached hydrogens (tertiary/aromatic N) is 2. The van der Waals surface area contributed by atoms with Crippen LogP contribution in [0.2, 0.25) is 0 Å². The van der Waals surface area contributed by atoms with E-state index in [0.717, 1.165) is 43.6 Å². The van der Waals surface area contributed by atoms with E-state index in [1.807, 2.05) is 0 Å². The molecule has 2 aromatic carbocycles. The van der Waals surface area contributed by atoms with E-state index in [-0.39, 0.29) is 22.3 Å². The maximum absolute atomic E-state index is 14.2. The fraction of sp³-hybridized carbons (Fsp3) is 0.333. The number of rotatable bonds is 9. The van der Waals surface area contributed by atoms with Crippen molar-refractivity contribution in [3.8, 4) is 5.75 Å². The first-order chi connectivity index (χ1) is 18.3. The maximum Gasteiger partial charge on any atom is 0.273 e. The van der Waals surface area contributed by atoms with Gasteiger partial charge in [0, 0.05) is 6.04 Å². The third-order valence-electron chi connectivity index (χ3n) is 6.44. The average Bonchev–Trinajstić information content (AvgIpc) is 3.30. The van der Waals surface area contributed by atoms with Crippen molar-refractivity contribution in [2.75, 3.05) is 17.2 Å². The molecule has 3 aromatic rings. The second-order valence-corrected chi connectivity index (χ2v) is 9.79. The van der Waals surface area contributed by atoms with E-state index < -0.39 is 29.6 Å². The van der Waals surface area contributed by atoms with Gasteiger partial charge in [0.05, 0.1) is 18.0 Å². The maximum atomic E-state index is 14.2. The van der Waals surface area contributed by atoms with Crippen LogP contribution < -0.4 is 26.4 Å². The van der Waals surface area contributed by atoms with E-state index in [1.54, 1.807) is 31.2 Å². The highest BCUT2D eigenvalue weighted by Gasteiger charge is 2.38. The van der Waals surface area contributed by atoms with Gasteiger partial charge in [-0.3, -0.25) is 19.3 Å². The third-order valence-corrected chi connectivity index (χ3v) is 7.29. The molecule has 0 radical (unpaired) electrons. The SMILES string of the molecule is CCOc1ccccc1N(C(=O)c1snc(C(N)=O)c1N)C(C(=O)NC1CCCCC1)c1ccc(F)cc1. The normalized spacial score (nSPS) is 14.5. The Balaban J connectivity index is 1.88. The lowest BCUT2D eigenvalue weighted by molar-refractivity contribution is -0.123. The number of hydrogen-bond acceptors (Lipinski definition) is 7. The van der Waals surface area contributed by atoms with Crippen LogP contribution >= 0.6 is 11.5 Å². The zero-order chi connectivity index (χ0) is 27.2. The number of ether oxygens (including phenoxy) is 1. The lowest BCUT2D eigenvalue weighted by atomic mass is 9.94. The molecule has 0 saturated heterocycles. The van der Waals surface area contributed by atoms with Crippen LogP contribution in [0.15, 0.2) is 48.5 Å². The minimum Gasteiger partial charge on any atom is -0.492 e. The number of para-hydroxylation sites is 2. The van der Waals surface area contributed by atoms with E-state index in [2.05, 4.69) is 9.69 Å². The smallest absolute Gasteiger partial charge is 0.273 e. The second kappa shape index (κ2) is 12.0. The van der Waals surface area contributed by atoms with Crippen LogP contribution in [-0.4, -0.2) is 34.7 Å². The van der Waals surface area contributed by atoms with Crippen molar-refractivity contribution < 1.29 is 23.5 Å². The Hall–Kier alpha value is -3.99. The highest BCUT2D eigenvalue weighted by atomic mass is 32.1. The summed E-state index contributed by atoms with van der Waals surface area (Å²) in [4.78, 5) is 41.2. The van der Waals surface area contributed by atoms with Crippen LogP contribution in [0.3, 0.4) is 0 Å². The van der Waals surface area contributed by atoms with Crippen molar-refractivity contribution in [1.29, 1.82) is 0 Å². The third kappa shape index (κ3) is 5.77. The zero-order valence-corrected chi connectivity index (χ0v) is 21.8. The standard InChI is InChI=1S/C27H30FN5O4S/c1-2-37-20-11-7-6-10-19(20)33(27(36)24-21(29)22(25(30)34)32-38-24)23(16-12-14-17(28)15-13-16)26(35)31-18-8-4-3-5-9-18/h6-7,10-15,18,23H,2-5,8-9,29H2,1H3,(H2,30,34)(H,31,35). The van der Waals surface area contributed by atoms with Crippen LogP contribution in [0.4, 0.5) is 15.8 Å². The number of hydrogen-bond donors (Lipinski definition) is 3. The average molecular weight is 540 g/mol. The van der Waals surface area contributed by atoms with Crippen molar-refractivity contribution >= 4 is 40.6 Å². The van der Waals surface area contributed by atoms with Crippen molar-refractivity contribution in [2.24, 2.45) is 5.73 Å². The van der Waals surface area contributed by atoms with Crippen LogP contribution in [0.5, 0.6) is 5.75 Å². The summed E-state index contributed by atoms with van der Waals surface area (Å²) in [6, 6.07) is 11.0. The van der Waals surface area contributed by atoms with Gasteiger partial charge in [0.15, 0.2) is 5.69 Å². The molecule has 0 bridgehead atoms. The molecule has 1 aliphatic rings. The van der Waals surface area contributed by atoms with Crippen molar-refractivity contribution in [3.05, 3.63) is 70.5 Å². The van der Waals surface area contributed by atoms with Gasteiger partial charge in [0.25, 0.3) is 11.8 Å². The van der Waals surface area contributed by atoms with Gasteiger partial charge in [-0.1, -0.05) is 43.5 Å². The Morgan fingerprint density at radius 2 is 1.82 bits per heavy atom. The molecule has 1 fully saturated rings. The second-order valence-electron chi connectivity index (χ2n) is 9.01. The van der Waals surface area contributed by atoms with Gasteiger partial charge in [-0.15, -0.1) is 0 Å². The lowest BCUT2D eigenvalue weighted by Gasteiger charge is -2.34. The number of anilines is 2. The molecular formula is C27H30FN5O4S. The van der Waals surface area contributed by atoms with Crippen LogP contribution in [0.25, 0.3) is 0 Å². The number of benzene rings is 2. The zero-order valence-electron chi connectivity index (χ0n) is 21.0. The Morgan fingerprint density at radius 3 is 2.45 bits per heavy atom. The monoisotopic (exact) mass is 539 g/mol. The molecule has 1 heterocycles. The molecular weight excluding hydrogens is 509 g/mol. The number of nitrogens with one attached hydrogen (secondary N) is 1. The quantitative estimate of drug-likeness (QED) is 0.372. The topological polar surface area (TPSA) is 141 Å². The predicted molar refractivity (Wildman–Crippen MR) is 144 cm³/mol. The number of nitrogen functional groups attached to an aromatic ring is 1.